The van der Waals surface area contributed by atoms with Crippen molar-refractivity contribution in [1.29, 1.82) is 0 Å². The Morgan fingerprint density at radius 2 is 2.46 bits per heavy atom. The molecule has 1 aromatic rings. The van der Waals surface area contributed by atoms with Gasteiger partial charge in [-0.25, -0.2) is 0 Å². The van der Waals surface area contributed by atoms with Gasteiger partial charge in [0, 0.05) is 7.05 Å². The van der Waals surface area contributed by atoms with Crippen LogP contribution in [0.1, 0.15) is 5.76 Å². The molecule has 1 aromatic heterocycles. The zero-order valence-electron chi connectivity index (χ0n) is 7.43. The average Bonchev–Trinajstić information content (AvgIpc) is 2.51. The minimum atomic E-state index is 0. The molecule has 0 saturated heterocycles. The molecule has 1 rings (SSSR count). The van der Waals surface area contributed by atoms with Crippen LogP contribution >= 0.6 is 12.2 Å². The Morgan fingerprint density at radius 3 is 2.92 bits per heavy atom. The van der Waals surface area contributed by atoms with Gasteiger partial charge in [-0.05, 0) is 16.5 Å². The van der Waals surface area contributed by atoms with Gasteiger partial charge in [-0.15, -0.1) is 0 Å². The summed E-state index contributed by atoms with van der Waals surface area (Å²) in [6, 6.07) is 3.58. The number of nitrogens with zero attached hydrogens (tertiary/aromatic N) is 2. The van der Waals surface area contributed by atoms with Gasteiger partial charge in [0.1, 0.15) is 5.76 Å². The van der Waals surface area contributed by atoms with E-state index >= 15 is 0 Å². The summed E-state index contributed by atoms with van der Waals surface area (Å²) in [5.74, 6) is 0.674. The molecule has 0 unspecified atom stereocenters. The molecular weight excluding hydrogens is 231 g/mol. The van der Waals surface area contributed by atoms with Gasteiger partial charge in [0.2, 0.25) is 0 Å². The zero-order valence-corrected chi connectivity index (χ0v) is 12.2. The van der Waals surface area contributed by atoms with E-state index in [-0.39, 0.29) is 51.4 Å². The van der Waals surface area contributed by atoms with Gasteiger partial charge in [0.25, 0.3) is 0 Å². The van der Waals surface area contributed by atoms with Crippen molar-refractivity contribution < 1.29 is 55.8 Å². The van der Waals surface area contributed by atoms with Crippen molar-refractivity contribution in [3.8, 4) is 0 Å². The van der Waals surface area contributed by atoms with Crippen molar-refractivity contribution in [2.75, 3.05) is 7.05 Å². The summed E-state index contributed by atoms with van der Waals surface area (Å²) in [6.07, 6.45) is 3.13. The molecule has 13 heavy (non-hydrogen) atoms. The minimum Gasteiger partial charge on any atom is -0.463 e. The first kappa shape index (κ1) is 13.7. The standard InChI is InChI=1S/C7H8N2OS2.K/c1-9(7(11)12)8-5-6-3-2-4-10-6;/h2-5H,1H3,(H,11,12);/q;+1/p-1/b8-5+;. The molecule has 64 valence electrons. The maximum Gasteiger partial charge on any atom is 1.00 e. The van der Waals surface area contributed by atoms with E-state index in [1.54, 1.807) is 31.7 Å². The van der Waals surface area contributed by atoms with Crippen molar-refractivity contribution in [1.82, 2.24) is 5.01 Å². The first-order chi connectivity index (χ1) is 5.70. The summed E-state index contributed by atoms with van der Waals surface area (Å²) in [5.41, 5.74) is 0. The van der Waals surface area contributed by atoms with Crippen LogP contribution in [0.25, 0.3) is 0 Å². The maximum absolute atomic E-state index is 5.01. The molecule has 3 nitrogen and oxygen atoms in total. The fourth-order valence-electron chi connectivity index (χ4n) is 0.555. The van der Waals surface area contributed by atoms with Crippen LogP contribution in [0.5, 0.6) is 0 Å². The third-order valence-electron chi connectivity index (χ3n) is 1.17. The van der Waals surface area contributed by atoms with Crippen LogP contribution in [0, 0.1) is 0 Å². The van der Waals surface area contributed by atoms with Crippen molar-refractivity contribution >= 4 is 35.4 Å². The number of thiocarbonyl (C=S) groups is 1. The Balaban J connectivity index is 0.00000144. The Bertz CT molecular complexity index is 287. The topological polar surface area (TPSA) is 28.7 Å². The first-order valence-corrected chi connectivity index (χ1v) is 4.04. The van der Waals surface area contributed by atoms with Gasteiger partial charge in [-0.2, -0.15) is 5.10 Å². The van der Waals surface area contributed by atoms with E-state index in [4.69, 9.17) is 29.3 Å². The Labute approximate surface area is 130 Å². The molecule has 1 heterocycles. The fourth-order valence-corrected chi connectivity index (χ4v) is 0.650. The van der Waals surface area contributed by atoms with Crippen LogP contribution in [-0.2, 0) is 12.6 Å². The van der Waals surface area contributed by atoms with Gasteiger partial charge in [-0.3, -0.25) is 5.01 Å². The third kappa shape index (κ3) is 5.21. The van der Waals surface area contributed by atoms with Crippen molar-refractivity contribution in [2.24, 2.45) is 5.10 Å². The van der Waals surface area contributed by atoms with E-state index in [2.05, 4.69) is 5.10 Å². The predicted octanol–water partition coefficient (Wildman–Crippen LogP) is -1.62. The molecule has 0 spiro atoms. The smallest absolute Gasteiger partial charge is 0.463 e. The predicted molar refractivity (Wildman–Crippen MR) is 54.0 cm³/mol. The van der Waals surface area contributed by atoms with Crippen LogP contribution in [0.15, 0.2) is 27.9 Å². The maximum atomic E-state index is 5.01. The molecule has 0 aliphatic rings. The average molecular weight is 238 g/mol. The largest absolute Gasteiger partial charge is 1.00 e. The summed E-state index contributed by atoms with van der Waals surface area (Å²) in [6.45, 7) is 0. The Hall–Kier alpha value is 0.696. The fraction of sp³-hybridized carbons (Fsp3) is 0.143. The van der Waals surface area contributed by atoms with Gasteiger partial charge in [0.15, 0.2) is 0 Å². The third-order valence-corrected chi connectivity index (χ3v) is 1.69. The molecule has 0 aliphatic carbocycles. The van der Waals surface area contributed by atoms with E-state index in [1.807, 2.05) is 0 Å². The Kier molecular flexibility index (Phi) is 7.43. The molecule has 0 amide bonds. The summed E-state index contributed by atoms with van der Waals surface area (Å²) >= 11 is 9.42. The summed E-state index contributed by atoms with van der Waals surface area (Å²) in [4.78, 5) is 0. The molecule has 0 bridgehead atoms. The molecular formula is C7H7KN2OS2. The second kappa shape index (κ2) is 7.05. The van der Waals surface area contributed by atoms with Gasteiger partial charge in [0.05, 0.1) is 12.5 Å². The summed E-state index contributed by atoms with van der Waals surface area (Å²) in [7, 11) is 1.69. The number of hydrazone groups is 1. The van der Waals surface area contributed by atoms with Crippen molar-refractivity contribution in [3.05, 3.63) is 24.2 Å². The Morgan fingerprint density at radius 1 is 1.77 bits per heavy atom. The monoisotopic (exact) mass is 238 g/mol. The van der Waals surface area contributed by atoms with Gasteiger partial charge < -0.3 is 29.3 Å². The number of hydrogen-bond donors (Lipinski definition) is 0. The van der Waals surface area contributed by atoms with Crippen molar-refractivity contribution in [2.45, 2.75) is 0 Å². The molecule has 0 N–H and O–H groups in total. The number of rotatable bonds is 2. The second-order valence-corrected chi connectivity index (χ2v) is 3.08. The van der Waals surface area contributed by atoms with Gasteiger partial charge >= 0.3 is 51.4 Å². The SMILES string of the molecule is CN(/N=C/c1ccco1)C(=S)[S-].[K+]. The van der Waals surface area contributed by atoms with E-state index in [0.717, 1.165) is 0 Å². The van der Waals surface area contributed by atoms with E-state index in [0.29, 0.717) is 10.1 Å². The summed E-state index contributed by atoms with van der Waals surface area (Å²) in [5, 5.41) is 5.36. The van der Waals surface area contributed by atoms with E-state index in [1.165, 1.54) is 5.01 Å². The zero-order chi connectivity index (χ0) is 8.97. The molecule has 0 saturated carbocycles. The molecule has 0 fully saturated rings. The van der Waals surface area contributed by atoms with Crippen LogP contribution < -0.4 is 51.4 Å². The normalized spacial score (nSPS) is 9.62. The molecule has 6 heteroatoms. The quantitative estimate of drug-likeness (QED) is 0.204. The van der Waals surface area contributed by atoms with Crippen molar-refractivity contribution in [3.63, 3.8) is 0 Å². The molecule has 0 aromatic carbocycles. The van der Waals surface area contributed by atoms with Crippen LogP contribution in [0.4, 0.5) is 0 Å². The molecule has 0 aliphatic heterocycles. The second-order valence-electron chi connectivity index (χ2n) is 2.05. The molecule has 0 radical (unpaired) electrons. The molecule has 0 atom stereocenters. The minimum absolute atomic E-state index is 0. The number of furan rings is 1. The van der Waals surface area contributed by atoms with Gasteiger partial charge in [-0.1, -0.05) is 0 Å². The van der Waals surface area contributed by atoms with Crippen LogP contribution in [0.3, 0.4) is 0 Å². The summed E-state index contributed by atoms with van der Waals surface area (Å²) < 4.78 is 5.31. The van der Waals surface area contributed by atoms with E-state index in [9.17, 15) is 0 Å². The first-order valence-electron chi connectivity index (χ1n) is 3.22. The van der Waals surface area contributed by atoms with Crippen LogP contribution in [-0.4, -0.2) is 22.6 Å². The van der Waals surface area contributed by atoms with Crippen LogP contribution in [0.2, 0.25) is 0 Å². The van der Waals surface area contributed by atoms with E-state index < -0.39 is 0 Å². The number of hydrogen-bond acceptors (Lipinski definition) is 4.